The minimum Gasteiger partial charge on any atom is -0.406 e. The molecule has 1 aromatic heterocycles. The van der Waals surface area contributed by atoms with Gasteiger partial charge in [0.15, 0.2) is 5.69 Å². The Hall–Kier alpha value is -3.12. The normalized spacial score (nSPS) is 12.1. The quantitative estimate of drug-likeness (QED) is 0.386. The first-order chi connectivity index (χ1) is 16.3. The van der Waals surface area contributed by atoms with Crippen LogP contribution in [-0.4, -0.2) is 42.8 Å². The molecule has 0 saturated heterocycles. The van der Waals surface area contributed by atoms with Gasteiger partial charge < -0.3 is 15.0 Å². The molecule has 0 bridgehead atoms. The van der Waals surface area contributed by atoms with Crippen molar-refractivity contribution >= 4 is 17.2 Å². The number of aromatic nitrogens is 1. The highest BCUT2D eigenvalue weighted by Crippen LogP contribution is 2.38. The van der Waals surface area contributed by atoms with E-state index in [-0.39, 0.29) is 18.0 Å². The second kappa shape index (κ2) is 10.6. The molecule has 0 radical (unpaired) electrons. The van der Waals surface area contributed by atoms with Gasteiger partial charge in [-0.2, -0.15) is 13.2 Å². The minimum atomic E-state index is -4.85. The van der Waals surface area contributed by atoms with Crippen LogP contribution in [0.15, 0.2) is 48.5 Å². The molecule has 12 heteroatoms. The van der Waals surface area contributed by atoms with Crippen molar-refractivity contribution in [2.45, 2.75) is 25.5 Å². The van der Waals surface area contributed by atoms with Crippen LogP contribution >= 0.6 is 11.3 Å². The van der Waals surface area contributed by atoms with Crippen molar-refractivity contribution in [3.8, 4) is 16.3 Å². The Bertz CT molecular complexity index is 1170. The fourth-order valence-corrected chi connectivity index (χ4v) is 4.35. The average molecular weight is 517 g/mol. The van der Waals surface area contributed by atoms with Gasteiger partial charge in [0.1, 0.15) is 15.6 Å². The molecule has 2 aromatic carbocycles. The van der Waals surface area contributed by atoms with Crippen LogP contribution in [0.5, 0.6) is 5.75 Å². The highest BCUT2D eigenvalue weighted by Gasteiger charge is 2.40. The van der Waals surface area contributed by atoms with E-state index in [0.717, 1.165) is 17.7 Å². The maximum Gasteiger partial charge on any atom is 0.573 e. The largest absolute Gasteiger partial charge is 0.573 e. The smallest absolute Gasteiger partial charge is 0.406 e. The van der Waals surface area contributed by atoms with Crippen LogP contribution in [-0.2, 0) is 19.1 Å². The predicted octanol–water partition coefficient (Wildman–Crippen LogP) is 5.76. The Kier molecular flexibility index (Phi) is 8.06. The molecular formula is C23H21F6N3O2S. The van der Waals surface area contributed by atoms with Gasteiger partial charge in [-0.25, -0.2) is 4.98 Å². The molecular weight excluding hydrogens is 496 g/mol. The molecule has 0 unspecified atom stereocenters. The molecule has 0 aliphatic rings. The van der Waals surface area contributed by atoms with Gasteiger partial charge >= 0.3 is 12.5 Å². The van der Waals surface area contributed by atoms with Crippen LogP contribution in [0.1, 0.15) is 26.5 Å². The summed E-state index contributed by atoms with van der Waals surface area (Å²) in [4.78, 5) is 17.7. The van der Waals surface area contributed by atoms with Crippen molar-refractivity contribution in [1.82, 2.24) is 15.2 Å². The third-order valence-corrected chi connectivity index (χ3v) is 5.75. The monoisotopic (exact) mass is 517 g/mol. The Morgan fingerprint density at radius 2 is 1.77 bits per heavy atom. The summed E-state index contributed by atoms with van der Waals surface area (Å²) >= 11 is 0.637. The first kappa shape index (κ1) is 26.5. The number of ether oxygens (including phenoxy) is 1. The van der Waals surface area contributed by atoms with Crippen LogP contribution in [0.4, 0.5) is 26.3 Å². The molecule has 1 heterocycles. The lowest BCUT2D eigenvalue weighted by Crippen LogP contribution is -2.27. The molecule has 35 heavy (non-hydrogen) atoms. The van der Waals surface area contributed by atoms with Gasteiger partial charge in [0.2, 0.25) is 0 Å². The molecule has 3 aromatic rings. The minimum absolute atomic E-state index is 0.0666. The van der Waals surface area contributed by atoms with E-state index in [1.165, 1.54) is 12.1 Å². The van der Waals surface area contributed by atoms with Gasteiger partial charge in [-0.15, -0.1) is 24.5 Å². The third-order valence-electron chi connectivity index (χ3n) is 4.67. The first-order valence-electron chi connectivity index (χ1n) is 10.3. The third kappa shape index (κ3) is 7.43. The number of benzene rings is 2. The number of hydrogen-bond donors (Lipinski definition) is 1. The summed E-state index contributed by atoms with van der Waals surface area (Å²) in [7, 11) is 3.65. The summed E-state index contributed by atoms with van der Waals surface area (Å²) in [5.41, 5.74) is 0.381. The summed E-state index contributed by atoms with van der Waals surface area (Å²) in [5, 5.41) is 2.47. The van der Waals surface area contributed by atoms with Gasteiger partial charge in [-0.1, -0.05) is 36.4 Å². The van der Waals surface area contributed by atoms with E-state index >= 15 is 0 Å². The fourth-order valence-electron chi connectivity index (χ4n) is 3.29. The number of nitrogens with one attached hydrogen (secondary N) is 1. The Labute approximate surface area is 201 Å². The topological polar surface area (TPSA) is 54.5 Å². The second-order valence-electron chi connectivity index (χ2n) is 7.79. The zero-order valence-corrected chi connectivity index (χ0v) is 19.4. The summed E-state index contributed by atoms with van der Waals surface area (Å²) < 4.78 is 82.0. The van der Waals surface area contributed by atoms with Crippen LogP contribution in [0.3, 0.4) is 0 Å². The summed E-state index contributed by atoms with van der Waals surface area (Å²) in [6.45, 7) is 0.367. The van der Waals surface area contributed by atoms with Gasteiger partial charge in [0.05, 0.1) is 0 Å². The van der Waals surface area contributed by atoms with E-state index in [2.05, 4.69) is 15.0 Å². The molecule has 0 saturated carbocycles. The van der Waals surface area contributed by atoms with Gasteiger partial charge in [0, 0.05) is 18.7 Å². The number of halogens is 6. The predicted molar refractivity (Wildman–Crippen MR) is 119 cm³/mol. The van der Waals surface area contributed by atoms with Crippen LogP contribution in [0.25, 0.3) is 10.6 Å². The molecule has 0 atom stereocenters. The highest BCUT2D eigenvalue weighted by molar-refractivity contribution is 7.17. The Morgan fingerprint density at radius 3 is 2.43 bits per heavy atom. The standard InChI is InChI=1S/C23H21F6N3O2S/c1-32(2)13-15-7-3-4-9-17(15)21-31-19(22(24,25)26)18(35-21)20(33)30-11-10-14-6-5-8-16(12-14)34-23(27,28)29/h3-9,12H,10-11,13H2,1-2H3,(H,30,33). The first-order valence-corrected chi connectivity index (χ1v) is 11.1. The second-order valence-corrected chi connectivity index (χ2v) is 8.79. The van der Waals surface area contributed by atoms with E-state index < -0.39 is 34.8 Å². The molecule has 5 nitrogen and oxygen atoms in total. The zero-order valence-electron chi connectivity index (χ0n) is 18.6. The zero-order chi connectivity index (χ0) is 25.8. The molecule has 188 valence electrons. The molecule has 1 amide bonds. The van der Waals surface area contributed by atoms with Crippen LogP contribution in [0, 0.1) is 0 Å². The van der Waals surface area contributed by atoms with E-state index in [0.29, 0.717) is 29.0 Å². The Morgan fingerprint density at radius 1 is 1.06 bits per heavy atom. The van der Waals surface area contributed by atoms with Crippen molar-refractivity contribution in [3.63, 3.8) is 0 Å². The maximum atomic E-state index is 13.7. The average Bonchev–Trinajstić information content (AvgIpc) is 3.19. The van der Waals surface area contributed by atoms with Gasteiger partial charge in [0.25, 0.3) is 5.91 Å². The lowest BCUT2D eigenvalue weighted by Gasteiger charge is -2.12. The number of carbonyl (C=O) groups excluding carboxylic acids is 1. The van der Waals surface area contributed by atoms with Crippen LogP contribution < -0.4 is 10.1 Å². The molecule has 3 rings (SSSR count). The molecule has 0 fully saturated rings. The highest BCUT2D eigenvalue weighted by atomic mass is 32.1. The molecule has 0 aliphatic heterocycles. The number of alkyl halides is 6. The van der Waals surface area contributed by atoms with Crippen molar-refractivity contribution < 1.29 is 35.9 Å². The van der Waals surface area contributed by atoms with Crippen molar-refractivity contribution in [2.75, 3.05) is 20.6 Å². The van der Waals surface area contributed by atoms with E-state index in [1.54, 1.807) is 24.3 Å². The lowest BCUT2D eigenvalue weighted by molar-refractivity contribution is -0.274. The number of thiazole rings is 1. The number of carbonyl (C=O) groups is 1. The molecule has 1 N–H and O–H groups in total. The molecule has 0 spiro atoms. The van der Waals surface area contributed by atoms with Crippen molar-refractivity contribution in [2.24, 2.45) is 0 Å². The lowest BCUT2D eigenvalue weighted by atomic mass is 10.1. The number of hydrogen-bond acceptors (Lipinski definition) is 5. The van der Waals surface area contributed by atoms with E-state index in [1.807, 2.05) is 19.0 Å². The summed E-state index contributed by atoms with van der Waals surface area (Å²) in [6, 6.07) is 12.0. The maximum absolute atomic E-state index is 13.7. The van der Waals surface area contributed by atoms with Gasteiger partial charge in [-0.3, -0.25) is 4.79 Å². The fraction of sp³-hybridized carbons (Fsp3) is 0.304. The summed E-state index contributed by atoms with van der Waals surface area (Å²) in [6.07, 6.45) is -9.61. The van der Waals surface area contributed by atoms with Crippen molar-refractivity contribution in [1.29, 1.82) is 0 Å². The summed E-state index contributed by atoms with van der Waals surface area (Å²) in [5.74, 6) is -1.39. The van der Waals surface area contributed by atoms with Gasteiger partial charge in [-0.05, 0) is 43.8 Å². The SMILES string of the molecule is CN(C)Cc1ccccc1-c1nc(C(F)(F)F)c(C(=O)NCCc2cccc(OC(F)(F)F)c2)s1. The van der Waals surface area contributed by atoms with Crippen molar-refractivity contribution in [3.05, 3.63) is 70.2 Å². The number of amides is 1. The Balaban J connectivity index is 1.78. The number of rotatable bonds is 8. The van der Waals surface area contributed by atoms with Crippen LogP contribution in [0.2, 0.25) is 0 Å². The van der Waals surface area contributed by atoms with E-state index in [4.69, 9.17) is 0 Å². The van der Waals surface area contributed by atoms with E-state index in [9.17, 15) is 31.1 Å². The molecule has 0 aliphatic carbocycles. The number of nitrogens with zero attached hydrogens (tertiary/aromatic N) is 2.